The highest BCUT2D eigenvalue weighted by Gasteiger charge is 2.04. The van der Waals surface area contributed by atoms with Crippen molar-refractivity contribution in [1.82, 2.24) is 5.16 Å². The van der Waals surface area contributed by atoms with E-state index >= 15 is 0 Å². The van der Waals surface area contributed by atoms with Crippen LogP contribution in [-0.4, -0.2) is 5.16 Å². The third-order valence-electron chi connectivity index (χ3n) is 3.15. The lowest BCUT2D eigenvalue weighted by molar-refractivity contribution is 0.248. The molecule has 0 aliphatic carbocycles. The van der Waals surface area contributed by atoms with Gasteiger partial charge in [0, 0.05) is 6.07 Å². The first kappa shape index (κ1) is 14.2. The van der Waals surface area contributed by atoms with Gasteiger partial charge < -0.3 is 14.0 Å². The Morgan fingerprint density at radius 3 is 2.27 bits per heavy atom. The maximum Gasteiger partial charge on any atom is 0.174 e. The predicted octanol–water partition coefficient (Wildman–Crippen LogP) is 4.61. The van der Waals surface area contributed by atoms with Crippen LogP contribution in [0.3, 0.4) is 0 Å². The van der Waals surface area contributed by atoms with Crippen LogP contribution in [0.15, 0.2) is 65.2 Å². The van der Waals surface area contributed by atoms with Crippen molar-refractivity contribution in [2.45, 2.75) is 20.0 Å². The van der Waals surface area contributed by atoms with E-state index in [0.717, 1.165) is 35.1 Å². The van der Waals surface area contributed by atoms with E-state index in [1.807, 2.05) is 67.6 Å². The van der Waals surface area contributed by atoms with Crippen LogP contribution < -0.4 is 9.47 Å². The molecule has 0 spiro atoms. The molecule has 3 rings (SSSR count). The molecule has 0 saturated heterocycles. The van der Waals surface area contributed by atoms with Gasteiger partial charge in [0.15, 0.2) is 5.76 Å². The monoisotopic (exact) mass is 295 g/mol. The van der Waals surface area contributed by atoms with E-state index in [0.29, 0.717) is 6.61 Å². The lowest BCUT2D eigenvalue weighted by Crippen LogP contribution is -1.93. The zero-order chi connectivity index (χ0) is 15.2. The number of aromatic nitrogens is 1. The fraction of sp³-hybridized carbons (Fsp3) is 0.167. The number of para-hydroxylation sites is 1. The van der Waals surface area contributed by atoms with Crippen LogP contribution in [0.2, 0.25) is 0 Å². The van der Waals surface area contributed by atoms with E-state index in [2.05, 4.69) is 5.16 Å². The van der Waals surface area contributed by atoms with E-state index in [1.165, 1.54) is 0 Å². The van der Waals surface area contributed by atoms with Crippen LogP contribution in [0.5, 0.6) is 17.2 Å². The summed E-state index contributed by atoms with van der Waals surface area (Å²) in [5.41, 5.74) is 0.935. The first-order valence-electron chi connectivity index (χ1n) is 7.23. The van der Waals surface area contributed by atoms with Crippen LogP contribution in [-0.2, 0) is 13.0 Å². The van der Waals surface area contributed by atoms with Gasteiger partial charge in [-0.3, -0.25) is 0 Å². The second-order valence-electron chi connectivity index (χ2n) is 4.81. The van der Waals surface area contributed by atoms with E-state index in [1.54, 1.807) is 0 Å². The van der Waals surface area contributed by atoms with Gasteiger partial charge in [-0.15, -0.1) is 0 Å². The summed E-state index contributed by atoms with van der Waals surface area (Å²) < 4.78 is 16.6. The number of hydrogen-bond donors (Lipinski definition) is 0. The van der Waals surface area contributed by atoms with Gasteiger partial charge in [-0.05, 0) is 42.8 Å². The zero-order valence-electron chi connectivity index (χ0n) is 12.4. The van der Waals surface area contributed by atoms with Crippen molar-refractivity contribution in [2.75, 3.05) is 0 Å². The average molecular weight is 295 g/mol. The molecular formula is C18H17NO3. The molecule has 0 N–H and O–H groups in total. The van der Waals surface area contributed by atoms with Crippen molar-refractivity contribution >= 4 is 0 Å². The fourth-order valence-electron chi connectivity index (χ4n) is 1.97. The van der Waals surface area contributed by atoms with Crippen LogP contribution in [0.4, 0.5) is 0 Å². The molecule has 2 aromatic carbocycles. The summed E-state index contributed by atoms with van der Waals surface area (Å²) in [5, 5.41) is 3.93. The number of ether oxygens (including phenoxy) is 2. The molecule has 0 aliphatic heterocycles. The zero-order valence-corrected chi connectivity index (χ0v) is 12.4. The molecule has 1 heterocycles. The third-order valence-corrected chi connectivity index (χ3v) is 3.15. The molecule has 1 aromatic heterocycles. The highest BCUT2D eigenvalue weighted by atomic mass is 16.5. The lowest BCUT2D eigenvalue weighted by atomic mass is 10.3. The fourth-order valence-corrected chi connectivity index (χ4v) is 1.97. The van der Waals surface area contributed by atoms with Gasteiger partial charge in [0.1, 0.15) is 23.9 Å². The number of hydrogen-bond acceptors (Lipinski definition) is 4. The highest BCUT2D eigenvalue weighted by Crippen LogP contribution is 2.24. The molecule has 0 amide bonds. The maximum absolute atomic E-state index is 5.73. The Morgan fingerprint density at radius 1 is 0.909 bits per heavy atom. The van der Waals surface area contributed by atoms with Crippen molar-refractivity contribution in [3.8, 4) is 17.2 Å². The van der Waals surface area contributed by atoms with Crippen molar-refractivity contribution in [3.05, 3.63) is 72.1 Å². The van der Waals surface area contributed by atoms with Gasteiger partial charge in [-0.25, -0.2) is 0 Å². The molecule has 22 heavy (non-hydrogen) atoms. The van der Waals surface area contributed by atoms with Crippen molar-refractivity contribution < 1.29 is 14.0 Å². The molecule has 0 unspecified atom stereocenters. The molecule has 0 fully saturated rings. The Labute approximate surface area is 129 Å². The minimum atomic E-state index is 0.367. The summed E-state index contributed by atoms with van der Waals surface area (Å²) in [6, 6.07) is 19.1. The summed E-state index contributed by atoms with van der Waals surface area (Å²) in [6.45, 7) is 2.40. The number of rotatable bonds is 6. The molecule has 0 aliphatic rings. The average Bonchev–Trinajstić information content (AvgIpc) is 3.03. The highest BCUT2D eigenvalue weighted by molar-refractivity contribution is 5.35. The minimum Gasteiger partial charge on any atom is -0.486 e. The Bertz CT molecular complexity index is 705. The molecule has 0 saturated carbocycles. The number of benzene rings is 2. The van der Waals surface area contributed by atoms with E-state index in [4.69, 9.17) is 14.0 Å². The van der Waals surface area contributed by atoms with Gasteiger partial charge in [-0.2, -0.15) is 0 Å². The summed E-state index contributed by atoms with van der Waals surface area (Å²) in [4.78, 5) is 0. The molecule has 112 valence electrons. The van der Waals surface area contributed by atoms with Crippen LogP contribution in [0.1, 0.15) is 18.4 Å². The van der Waals surface area contributed by atoms with Gasteiger partial charge in [0.05, 0.1) is 5.69 Å². The Morgan fingerprint density at radius 2 is 1.59 bits per heavy atom. The molecule has 0 bridgehead atoms. The third kappa shape index (κ3) is 3.67. The summed E-state index contributed by atoms with van der Waals surface area (Å²) >= 11 is 0. The van der Waals surface area contributed by atoms with Gasteiger partial charge >= 0.3 is 0 Å². The van der Waals surface area contributed by atoms with E-state index in [-0.39, 0.29) is 0 Å². The van der Waals surface area contributed by atoms with Crippen molar-refractivity contribution in [2.24, 2.45) is 0 Å². The quantitative estimate of drug-likeness (QED) is 0.666. The smallest absolute Gasteiger partial charge is 0.174 e. The Kier molecular flexibility index (Phi) is 4.39. The second-order valence-corrected chi connectivity index (χ2v) is 4.81. The van der Waals surface area contributed by atoms with Crippen LogP contribution in [0.25, 0.3) is 0 Å². The minimum absolute atomic E-state index is 0.367. The topological polar surface area (TPSA) is 44.5 Å². The summed E-state index contributed by atoms with van der Waals surface area (Å²) in [5.74, 6) is 3.06. The molecule has 4 nitrogen and oxygen atoms in total. The van der Waals surface area contributed by atoms with Gasteiger partial charge in [-0.1, -0.05) is 30.3 Å². The largest absolute Gasteiger partial charge is 0.486 e. The molecule has 4 heteroatoms. The molecule has 3 aromatic rings. The SMILES string of the molecule is CCc1cc(COc2ccc(Oc3ccccc3)cc2)on1. The maximum atomic E-state index is 5.73. The summed E-state index contributed by atoms with van der Waals surface area (Å²) in [7, 11) is 0. The van der Waals surface area contributed by atoms with E-state index in [9.17, 15) is 0 Å². The van der Waals surface area contributed by atoms with Crippen LogP contribution in [0, 0.1) is 0 Å². The number of nitrogens with zero attached hydrogens (tertiary/aromatic N) is 1. The molecular weight excluding hydrogens is 278 g/mol. The predicted molar refractivity (Wildman–Crippen MR) is 83.2 cm³/mol. The van der Waals surface area contributed by atoms with E-state index < -0.39 is 0 Å². The van der Waals surface area contributed by atoms with Gasteiger partial charge in [0.25, 0.3) is 0 Å². The first-order valence-corrected chi connectivity index (χ1v) is 7.23. The lowest BCUT2D eigenvalue weighted by Gasteiger charge is -2.07. The molecule has 0 atom stereocenters. The van der Waals surface area contributed by atoms with Crippen molar-refractivity contribution in [1.29, 1.82) is 0 Å². The first-order chi connectivity index (χ1) is 10.8. The Balaban J connectivity index is 1.57. The second kappa shape index (κ2) is 6.80. The van der Waals surface area contributed by atoms with Crippen LogP contribution >= 0.6 is 0 Å². The van der Waals surface area contributed by atoms with Gasteiger partial charge in [0.2, 0.25) is 0 Å². The molecule has 0 radical (unpaired) electrons. The Hall–Kier alpha value is -2.75. The number of aryl methyl sites for hydroxylation is 1. The van der Waals surface area contributed by atoms with Crippen molar-refractivity contribution in [3.63, 3.8) is 0 Å². The normalized spacial score (nSPS) is 10.4. The standard InChI is InChI=1S/C18H17NO3/c1-2-14-12-18(22-19-14)13-20-15-8-10-17(11-9-15)21-16-6-4-3-5-7-16/h3-12H,2,13H2,1H3. The summed E-state index contributed by atoms with van der Waals surface area (Å²) in [6.07, 6.45) is 0.856.